The highest BCUT2D eigenvalue weighted by molar-refractivity contribution is 8.00. The summed E-state index contributed by atoms with van der Waals surface area (Å²) in [6, 6.07) is 10.2. The number of furan rings is 1. The molecule has 9 heteroatoms. The first-order valence-electron chi connectivity index (χ1n) is 7.78. The van der Waals surface area contributed by atoms with Gasteiger partial charge in [-0.05, 0) is 38.1 Å². The van der Waals surface area contributed by atoms with Crippen molar-refractivity contribution in [2.75, 3.05) is 11.2 Å². The fraction of sp³-hybridized carbons (Fsp3) is 0.176. The minimum Gasteiger partial charge on any atom is -0.461 e. The molecule has 26 heavy (non-hydrogen) atoms. The number of amides is 1. The highest BCUT2D eigenvalue weighted by atomic mass is 32.2. The van der Waals surface area contributed by atoms with E-state index >= 15 is 0 Å². The second kappa shape index (κ2) is 7.44. The molecule has 0 saturated carbocycles. The zero-order valence-corrected chi connectivity index (χ0v) is 15.0. The van der Waals surface area contributed by atoms with E-state index in [0.717, 1.165) is 0 Å². The fourth-order valence-corrected chi connectivity index (χ4v) is 2.97. The maximum Gasteiger partial charge on any atom is 0.237 e. The minimum absolute atomic E-state index is 0.0646. The first-order valence-corrected chi connectivity index (χ1v) is 8.66. The van der Waals surface area contributed by atoms with E-state index in [9.17, 15) is 9.59 Å². The molecule has 3 aromatic rings. The third-order valence-corrected chi connectivity index (χ3v) is 4.65. The number of carbonyl (C=O) groups excluding carboxylic acids is 2. The van der Waals surface area contributed by atoms with Gasteiger partial charge >= 0.3 is 0 Å². The van der Waals surface area contributed by atoms with E-state index in [-0.39, 0.29) is 11.7 Å². The minimum atomic E-state index is -0.480. The van der Waals surface area contributed by atoms with Crippen LogP contribution in [0.2, 0.25) is 0 Å². The summed E-state index contributed by atoms with van der Waals surface area (Å²) in [5, 5.41) is 10.7. The van der Waals surface area contributed by atoms with Crippen LogP contribution in [0, 0.1) is 0 Å². The first kappa shape index (κ1) is 17.7. The van der Waals surface area contributed by atoms with Gasteiger partial charge in [0.05, 0.1) is 11.5 Å². The molecule has 0 aliphatic rings. The van der Waals surface area contributed by atoms with Crippen LogP contribution in [0.4, 0.5) is 5.69 Å². The highest BCUT2D eigenvalue weighted by Crippen LogP contribution is 2.25. The van der Waals surface area contributed by atoms with E-state index in [1.165, 1.54) is 29.6 Å². The monoisotopic (exact) mass is 371 g/mol. The molecule has 0 fully saturated rings. The number of nitrogens with two attached hydrogens (primary N) is 1. The van der Waals surface area contributed by atoms with Crippen LogP contribution in [0.25, 0.3) is 11.6 Å². The Kier molecular flexibility index (Phi) is 5.08. The van der Waals surface area contributed by atoms with Gasteiger partial charge in [-0.25, -0.2) is 4.68 Å². The van der Waals surface area contributed by atoms with Crippen molar-refractivity contribution in [3.05, 3.63) is 48.2 Å². The van der Waals surface area contributed by atoms with E-state index < -0.39 is 5.25 Å². The van der Waals surface area contributed by atoms with Gasteiger partial charge in [-0.15, -0.1) is 10.2 Å². The SMILES string of the molecule is CC(=O)c1cccc(NC(=O)[C@@H](C)Sc2nnc(-c3ccco3)n2N)c1. The number of Topliss-reactive ketones (excluding diaryl/α,β-unsaturated/α-hetero) is 1. The number of thioether (sulfide) groups is 1. The Bertz CT molecular complexity index is 936. The number of hydrogen-bond acceptors (Lipinski definition) is 7. The van der Waals surface area contributed by atoms with Gasteiger partial charge in [0.2, 0.25) is 16.9 Å². The summed E-state index contributed by atoms with van der Waals surface area (Å²) in [4.78, 5) is 23.9. The van der Waals surface area contributed by atoms with E-state index in [4.69, 9.17) is 10.3 Å². The molecule has 0 aliphatic carbocycles. The number of benzene rings is 1. The average Bonchev–Trinajstić information content (AvgIpc) is 3.25. The lowest BCUT2D eigenvalue weighted by Gasteiger charge is -2.12. The average molecular weight is 371 g/mol. The molecule has 0 spiro atoms. The van der Waals surface area contributed by atoms with Crippen LogP contribution in [0.5, 0.6) is 0 Å². The second-order valence-electron chi connectivity index (χ2n) is 5.54. The first-order chi connectivity index (χ1) is 12.5. The van der Waals surface area contributed by atoms with Crippen molar-refractivity contribution in [1.82, 2.24) is 14.9 Å². The standard InChI is InChI=1S/C17H17N5O3S/c1-10(23)12-5-3-6-13(9-12)19-16(24)11(2)26-17-21-20-15(22(17)18)14-7-4-8-25-14/h3-9,11H,18H2,1-2H3,(H,19,24)/t11-/m1/s1. The summed E-state index contributed by atoms with van der Waals surface area (Å²) in [6.07, 6.45) is 1.52. The van der Waals surface area contributed by atoms with Gasteiger partial charge in [0.1, 0.15) is 0 Å². The van der Waals surface area contributed by atoms with Crippen molar-refractivity contribution >= 4 is 29.1 Å². The van der Waals surface area contributed by atoms with Crippen molar-refractivity contribution in [2.24, 2.45) is 0 Å². The van der Waals surface area contributed by atoms with E-state index in [0.29, 0.717) is 28.0 Å². The molecule has 0 radical (unpaired) electrons. The Morgan fingerprint density at radius 1 is 1.27 bits per heavy atom. The van der Waals surface area contributed by atoms with Crippen molar-refractivity contribution in [2.45, 2.75) is 24.3 Å². The number of hydrogen-bond donors (Lipinski definition) is 2. The summed E-state index contributed by atoms with van der Waals surface area (Å²) in [5.41, 5.74) is 1.09. The lowest BCUT2D eigenvalue weighted by Crippen LogP contribution is -2.23. The molecule has 3 rings (SSSR count). The number of carbonyl (C=O) groups is 2. The van der Waals surface area contributed by atoms with Gasteiger partial charge in [0.25, 0.3) is 0 Å². The predicted molar refractivity (Wildman–Crippen MR) is 98.3 cm³/mol. The molecular formula is C17H17N5O3S. The van der Waals surface area contributed by atoms with Crippen molar-refractivity contribution in [1.29, 1.82) is 0 Å². The van der Waals surface area contributed by atoms with Crippen LogP contribution in [-0.4, -0.2) is 31.8 Å². The van der Waals surface area contributed by atoms with Gasteiger partial charge in [-0.2, -0.15) is 0 Å². The normalized spacial score (nSPS) is 11.9. The van der Waals surface area contributed by atoms with E-state index in [1.54, 1.807) is 43.3 Å². The maximum absolute atomic E-state index is 12.4. The number of nitrogen functional groups attached to an aromatic ring is 1. The number of nitrogens with one attached hydrogen (secondary N) is 1. The zero-order valence-electron chi connectivity index (χ0n) is 14.2. The number of rotatable bonds is 6. The van der Waals surface area contributed by atoms with Crippen molar-refractivity contribution in [3.63, 3.8) is 0 Å². The molecule has 0 unspecified atom stereocenters. The molecular weight excluding hydrogens is 354 g/mol. The van der Waals surface area contributed by atoms with Crippen LogP contribution in [0.1, 0.15) is 24.2 Å². The van der Waals surface area contributed by atoms with Crippen molar-refractivity contribution in [3.8, 4) is 11.6 Å². The lowest BCUT2D eigenvalue weighted by molar-refractivity contribution is -0.115. The number of anilines is 1. The molecule has 1 atom stereocenters. The molecule has 1 aromatic carbocycles. The molecule has 1 amide bonds. The second-order valence-corrected chi connectivity index (χ2v) is 6.85. The summed E-state index contributed by atoms with van der Waals surface area (Å²) < 4.78 is 6.54. The van der Waals surface area contributed by atoms with Gasteiger partial charge in [-0.3, -0.25) is 9.59 Å². The topological polar surface area (TPSA) is 116 Å². The van der Waals surface area contributed by atoms with E-state index in [2.05, 4.69) is 15.5 Å². The van der Waals surface area contributed by atoms with Gasteiger partial charge in [-0.1, -0.05) is 23.9 Å². The third-order valence-electron chi connectivity index (χ3n) is 3.59. The Balaban J connectivity index is 1.68. The Labute approximate surface area is 153 Å². The van der Waals surface area contributed by atoms with Crippen LogP contribution < -0.4 is 11.2 Å². The zero-order chi connectivity index (χ0) is 18.7. The highest BCUT2D eigenvalue weighted by Gasteiger charge is 2.21. The molecule has 0 aliphatic heterocycles. The van der Waals surface area contributed by atoms with Crippen molar-refractivity contribution < 1.29 is 14.0 Å². The molecule has 8 nitrogen and oxygen atoms in total. The number of nitrogens with zero attached hydrogens (tertiary/aromatic N) is 3. The van der Waals surface area contributed by atoms with Crippen LogP contribution >= 0.6 is 11.8 Å². The van der Waals surface area contributed by atoms with Gasteiger partial charge < -0.3 is 15.6 Å². The fourth-order valence-electron chi connectivity index (χ4n) is 2.20. The summed E-state index contributed by atoms with van der Waals surface area (Å²) in [6.45, 7) is 3.21. The van der Waals surface area contributed by atoms with Crippen LogP contribution in [0.15, 0.2) is 52.2 Å². The Hall–Kier alpha value is -3.07. The predicted octanol–water partition coefficient (Wildman–Crippen LogP) is 2.57. The quantitative estimate of drug-likeness (QED) is 0.388. The smallest absolute Gasteiger partial charge is 0.237 e. The van der Waals surface area contributed by atoms with Gasteiger partial charge in [0.15, 0.2) is 11.5 Å². The largest absolute Gasteiger partial charge is 0.461 e. The van der Waals surface area contributed by atoms with Crippen LogP contribution in [-0.2, 0) is 4.79 Å². The summed E-state index contributed by atoms with van der Waals surface area (Å²) in [5.74, 6) is 6.55. The number of ketones is 1. The maximum atomic E-state index is 12.4. The Morgan fingerprint density at radius 3 is 2.77 bits per heavy atom. The van der Waals surface area contributed by atoms with Gasteiger partial charge in [0, 0.05) is 11.3 Å². The molecule has 0 bridgehead atoms. The number of aromatic nitrogens is 3. The summed E-state index contributed by atoms with van der Waals surface area (Å²) in [7, 11) is 0. The molecule has 2 heterocycles. The summed E-state index contributed by atoms with van der Waals surface area (Å²) >= 11 is 1.17. The molecule has 134 valence electrons. The van der Waals surface area contributed by atoms with Crippen LogP contribution in [0.3, 0.4) is 0 Å². The molecule has 3 N–H and O–H groups in total. The lowest BCUT2D eigenvalue weighted by atomic mass is 10.1. The Morgan fingerprint density at radius 2 is 2.08 bits per heavy atom. The molecule has 0 saturated heterocycles. The third kappa shape index (κ3) is 3.77. The van der Waals surface area contributed by atoms with E-state index in [1.807, 2.05) is 0 Å². The molecule has 2 aromatic heterocycles.